The van der Waals surface area contributed by atoms with Crippen molar-refractivity contribution in [1.29, 1.82) is 0 Å². The molecule has 26 heavy (non-hydrogen) atoms. The van der Waals surface area contributed by atoms with Crippen molar-refractivity contribution in [2.24, 2.45) is 0 Å². The number of carbonyl (C=O) groups is 1. The second-order valence-corrected chi connectivity index (χ2v) is 6.96. The lowest BCUT2D eigenvalue weighted by molar-refractivity contribution is -0.190. The summed E-state index contributed by atoms with van der Waals surface area (Å²) in [6.45, 7) is 5.12. The van der Waals surface area contributed by atoms with Crippen LogP contribution < -0.4 is 5.32 Å². The molecule has 4 heterocycles. The summed E-state index contributed by atoms with van der Waals surface area (Å²) < 4.78 is 12.9. The number of methoxy groups -OCH3 is 1. The minimum atomic E-state index is -0.327. The number of amides is 1. The fourth-order valence-corrected chi connectivity index (χ4v) is 4.01. The second kappa shape index (κ2) is 7.34. The van der Waals surface area contributed by atoms with E-state index in [0.717, 1.165) is 49.1 Å². The summed E-state index contributed by atoms with van der Waals surface area (Å²) in [6, 6.07) is 4.02. The number of hydrogen-bond acceptors (Lipinski definition) is 5. The van der Waals surface area contributed by atoms with Gasteiger partial charge < -0.3 is 18.9 Å². The minimum absolute atomic E-state index is 0.0233. The number of aryl methyl sites for hydroxylation is 1. The van der Waals surface area contributed by atoms with Crippen molar-refractivity contribution >= 4 is 16.9 Å². The fourth-order valence-electron chi connectivity index (χ4n) is 4.01. The Morgan fingerprint density at radius 3 is 3.19 bits per heavy atom. The third kappa shape index (κ3) is 2.90. The Labute approximate surface area is 153 Å². The Balaban J connectivity index is 1.58. The molecule has 0 saturated carbocycles. The maximum atomic E-state index is 12.5. The van der Waals surface area contributed by atoms with Crippen molar-refractivity contribution in [1.82, 2.24) is 19.8 Å². The number of rotatable bonds is 7. The molecule has 1 unspecified atom stereocenters. The molecule has 7 heteroatoms. The first-order chi connectivity index (χ1) is 12.7. The molecule has 2 aliphatic rings. The molecule has 2 aromatic heterocycles. The molecule has 2 saturated heterocycles. The van der Waals surface area contributed by atoms with E-state index in [1.165, 1.54) is 0 Å². The number of nitrogens with zero attached hydrogens (tertiary/aromatic N) is 3. The number of aromatic nitrogens is 2. The fraction of sp³-hybridized carbons (Fsp3) is 0.579. The highest BCUT2D eigenvalue weighted by molar-refractivity contribution is 5.90. The van der Waals surface area contributed by atoms with Crippen molar-refractivity contribution in [2.45, 2.75) is 44.6 Å². The van der Waals surface area contributed by atoms with E-state index >= 15 is 0 Å². The maximum Gasteiger partial charge on any atom is 0.257 e. The Morgan fingerprint density at radius 2 is 2.35 bits per heavy atom. The van der Waals surface area contributed by atoms with Gasteiger partial charge in [0.1, 0.15) is 11.8 Å². The number of unbranched alkanes of at least 4 members (excludes halogenated alkanes) is 1. The molecule has 3 atom stereocenters. The van der Waals surface area contributed by atoms with Crippen LogP contribution in [0.2, 0.25) is 0 Å². The molecule has 1 amide bonds. The summed E-state index contributed by atoms with van der Waals surface area (Å²) in [7, 11) is 1.73. The number of hydrogen-bond donors (Lipinski definition) is 1. The van der Waals surface area contributed by atoms with Gasteiger partial charge in [-0.3, -0.25) is 10.1 Å². The molecule has 0 aromatic carbocycles. The van der Waals surface area contributed by atoms with Crippen LogP contribution in [0, 0.1) is 0 Å². The Hall–Kier alpha value is -1.96. The third-order valence-electron chi connectivity index (χ3n) is 5.37. The molecule has 2 aromatic rings. The third-order valence-corrected chi connectivity index (χ3v) is 5.37. The first-order valence-electron chi connectivity index (χ1n) is 9.32. The van der Waals surface area contributed by atoms with Crippen LogP contribution in [0.3, 0.4) is 0 Å². The smallest absolute Gasteiger partial charge is 0.257 e. The van der Waals surface area contributed by atoms with Crippen molar-refractivity contribution in [3.05, 3.63) is 30.1 Å². The predicted molar refractivity (Wildman–Crippen MR) is 97.6 cm³/mol. The normalized spacial score (nSPS) is 23.8. The summed E-state index contributed by atoms with van der Waals surface area (Å²) in [5.74, 6) is 0.0691. The highest BCUT2D eigenvalue weighted by Crippen LogP contribution is 2.36. The molecule has 4 rings (SSSR count). The molecule has 2 aliphatic heterocycles. The van der Waals surface area contributed by atoms with Crippen LogP contribution in [0.25, 0.3) is 11.0 Å². The van der Waals surface area contributed by atoms with Gasteiger partial charge in [-0.25, -0.2) is 4.98 Å². The molecule has 0 aliphatic carbocycles. The van der Waals surface area contributed by atoms with E-state index in [1.54, 1.807) is 7.11 Å². The van der Waals surface area contributed by atoms with Gasteiger partial charge in [-0.15, -0.1) is 0 Å². The predicted octanol–water partition coefficient (Wildman–Crippen LogP) is 1.68. The van der Waals surface area contributed by atoms with E-state index in [2.05, 4.69) is 34.1 Å². The lowest BCUT2D eigenvalue weighted by atomic mass is 9.97. The van der Waals surface area contributed by atoms with Crippen molar-refractivity contribution < 1.29 is 14.3 Å². The Morgan fingerprint density at radius 1 is 1.46 bits per heavy atom. The highest BCUT2D eigenvalue weighted by atomic mass is 16.5. The summed E-state index contributed by atoms with van der Waals surface area (Å²) in [5, 5.41) is 4.51. The number of likely N-dealkylation sites (tertiary alicyclic amines) is 1. The zero-order valence-corrected chi connectivity index (χ0v) is 15.4. The molecule has 0 bridgehead atoms. The van der Waals surface area contributed by atoms with Gasteiger partial charge in [-0.1, -0.05) is 0 Å². The van der Waals surface area contributed by atoms with Crippen LogP contribution in [0.1, 0.15) is 31.4 Å². The average molecular weight is 358 g/mol. The van der Waals surface area contributed by atoms with Gasteiger partial charge in [-0.05, 0) is 31.9 Å². The molecule has 0 spiro atoms. The first kappa shape index (κ1) is 17.5. The molecule has 1 N–H and O–H groups in total. The minimum Gasteiger partial charge on any atom is -0.385 e. The van der Waals surface area contributed by atoms with Crippen molar-refractivity contribution in [3.8, 4) is 0 Å². The van der Waals surface area contributed by atoms with E-state index < -0.39 is 0 Å². The molecule has 2 fully saturated rings. The monoisotopic (exact) mass is 358 g/mol. The van der Waals surface area contributed by atoms with Gasteiger partial charge in [0.05, 0.1) is 12.6 Å². The van der Waals surface area contributed by atoms with E-state index in [9.17, 15) is 4.79 Å². The number of morpholine rings is 1. The molecule has 0 radical (unpaired) electrons. The van der Waals surface area contributed by atoms with E-state index in [-0.39, 0.29) is 24.2 Å². The number of ether oxygens (including phenoxy) is 2. The average Bonchev–Trinajstić information content (AvgIpc) is 3.04. The number of β-lactam (4-membered cyclic amide) rings is 1. The van der Waals surface area contributed by atoms with Crippen LogP contribution in [0.15, 0.2) is 24.5 Å². The molecular weight excluding hydrogens is 332 g/mol. The lowest BCUT2D eigenvalue weighted by Gasteiger charge is -2.51. The SMILES string of the molecule is COCCCCn1cc([C@H](C)N2C(=O)[C@@H]3OCCNC32)c2cccnc21. The summed E-state index contributed by atoms with van der Waals surface area (Å²) in [6.07, 6.45) is 5.67. The van der Waals surface area contributed by atoms with Gasteiger partial charge in [0.25, 0.3) is 5.91 Å². The van der Waals surface area contributed by atoms with Gasteiger partial charge in [-0.2, -0.15) is 0 Å². The van der Waals surface area contributed by atoms with Gasteiger partial charge >= 0.3 is 0 Å². The van der Waals surface area contributed by atoms with Crippen LogP contribution in [-0.4, -0.2) is 59.5 Å². The van der Waals surface area contributed by atoms with Crippen LogP contribution >= 0.6 is 0 Å². The zero-order chi connectivity index (χ0) is 18.1. The van der Waals surface area contributed by atoms with E-state index in [1.807, 2.05) is 17.2 Å². The quantitative estimate of drug-likeness (QED) is 0.602. The number of pyridine rings is 1. The molecule has 7 nitrogen and oxygen atoms in total. The van der Waals surface area contributed by atoms with Crippen molar-refractivity contribution in [3.63, 3.8) is 0 Å². The van der Waals surface area contributed by atoms with E-state index in [0.29, 0.717) is 6.61 Å². The summed E-state index contributed by atoms with van der Waals surface area (Å²) in [5.41, 5.74) is 2.11. The van der Waals surface area contributed by atoms with Crippen LogP contribution in [0.4, 0.5) is 0 Å². The summed E-state index contributed by atoms with van der Waals surface area (Å²) >= 11 is 0. The van der Waals surface area contributed by atoms with Crippen LogP contribution in [0.5, 0.6) is 0 Å². The topological polar surface area (TPSA) is 68.6 Å². The standard InChI is InChI=1S/C19H26N4O3/c1-13(23-18-16(19(23)24)26-11-8-21-18)15-12-22(9-3-4-10-25-2)17-14(15)6-5-7-20-17/h5-7,12-13,16,18,21H,3-4,8-11H2,1-2H3/t13-,16+,18?/m0/s1. The molecule has 140 valence electrons. The van der Waals surface area contributed by atoms with Gasteiger partial charge in [0, 0.05) is 50.1 Å². The lowest BCUT2D eigenvalue weighted by Crippen LogP contribution is -2.73. The Kier molecular flexibility index (Phi) is 4.93. The second-order valence-electron chi connectivity index (χ2n) is 6.96. The number of carbonyl (C=O) groups excluding carboxylic acids is 1. The summed E-state index contributed by atoms with van der Waals surface area (Å²) in [4.78, 5) is 19.0. The van der Waals surface area contributed by atoms with Gasteiger partial charge in [0.15, 0.2) is 6.10 Å². The van der Waals surface area contributed by atoms with Gasteiger partial charge in [0.2, 0.25) is 0 Å². The van der Waals surface area contributed by atoms with E-state index in [4.69, 9.17) is 9.47 Å². The Bertz CT molecular complexity index is 790. The molecular formula is C19H26N4O3. The maximum absolute atomic E-state index is 12.5. The zero-order valence-electron chi connectivity index (χ0n) is 15.4. The largest absolute Gasteiger partial charge is 0.385 e. The highest BCUT2D eigenvalue weighted by Gasteiger charge is 2.52. The first-order valence-corrected chi connectivity index (χ1v) is 9.32. The van der Waals surface area contributed by atoms with Crippen molar-refractivity contribution in [2.75, 3.05) is 26.9 Å². The van der Waals surface area contributed by atoms with Crippen LogP contribution in [-0.2, 0) is 20.8 Å². The number of fused-ring (bicyclic) bond motifs is 2. The number of nitrogens with one attached hydrogen (secondary N) is 1.